The average molecular weight is 726 g/mol. The molecule has 4 aromatic rings. The van der Waals surface area contributed by atoms with Gasteiger partial charge in [0.25, 0.3) is 0 Å². The second-order valence-corrected chi connectivity index (χ2v) is 12.9. The lowest BCUT2D eigenvalue weighted by molar-refractivity contribution is 0.0531. The van der Waals surface area contributed by atoms with Crippen LogP contribution in [0.15, 0.2) is 72.8 Å². The Morgan fingerprint density at radius 3 is 1.40 bits per heavy atom. The fourth-order valence-electron chi connectivity index (χ4n) is 7.35. The fourth-order valence-corrected chi connectivity index (χ4v) is 7.35. The summed E-state index contributed by atoms with van der Waals surface area (Å²) in [4.78, 5) is 0. The summed E-state index contributed by atoms with van der Waals surface area (Å²) in [5.41, 5.74) is 0.590. The van der Waals surface area contributed by atoms with E-state index in [1.54, 1.807) is 28.4 Å². The number of methoxy groups -OCH3 is 4. The molecule has 0 radical (unpaired) electrons. The first kappa shape index (κ1) is 38.9. The zero-order chi connectivity index (χ0) is 37.1. The molecule has 52 heavy (non-hydrogen) atoms. The maximum atomic E-state index is 14.7. The number of hydrogen-bond acceptors (Lipinski definition) is 7. The van der Waals surface area contributed by atoms with Gasteiger partial charge >= 0.3 is 0 Å². The minimum Gasteiger partial charge on any atom is -0.496 e. The topological polar surface area (TPSA) is 67.4 Å². The van der Waals surface area contributed by atoms with Crippen molar-refractivity contribution in [2.75, 3.05) is 48.2 Å². The standard InChI is InChI=1S/C41H47F4NO6/c1-47-35-16-10-17-36(48-2)39(35)27(23-51-24-28-31(42)12-8-13-32(28)43)22-46-41(20-6-5-7-21-41)30(40-37(49-3)18-11-19-38(40)50-4)26-52-25-29-33(44)14-9-15-34(29)45/h8-19,27,30,46H,5-7,20-26H2,1-4H3. The van der Waals surface area contributed by atoms with Crippen LogP contribution < -0.4 is 24.3 Å². The Morgan fingerprint density at radius 1 is 0.558 bits per heavy atom. The normalized spacial score (nSPS) is 15.2. The Hall–Kier alpha value is -4.32. The zero-order valence-electron chi connectivity index (χ0n) is 30.1. The molecule has 0 heterocycles. The van der Waals surface area contributed by atoms with Crippen LogP contribution in [-0.4, -0.2) is 53.7 Å². The maximum absolute atomic E-state index is 14.7. The summed E-state index contributed by atoms with van der Waals surface area (Å²) in [5, 5.41) is 3.90. The molecule has 4 aromatic carbocycles. The highest BCUT2D eigenvalue weighted by Crippen LogP contribution is 2.47. The van der Waals surface area contributed by atoms with Crippen molar-refractivity contribution >= 4 is 0 Å². The molecule has 0 spiro atoms. The van der Waals surface area contributed by atoms with Gasteiger partial charge in [-0.1, -0.05) is 43.5 Å². The molecule has 7 nitrogen and oxygen atoms in total. The Kier molecular flexibility index (Phi) is 13.8. The van der Waals surface area contributed by atoms with Gasteiger partial charge in [-0.25, -0.2) is 17.6 Å². The largest absolute Gasteiger partial charge is 0.496 e. The van der Waals surface area contributed by atoms with E-state index in [4.69, 9.17) is 28.4 Å². The van der Waals surface area contributed by atoms with Gasteiger partial charge < -0.3 is 33.7 Å². The van der Waals surface area contributed by atoms with Crippen molar-refractivity contribution in [3.8, 4) is 23.0 Å². The summed E-state index contributed by atoms with van der Waals surface area (Å²) in [6.45, 7) is -0.0575. The van der Waals surface area contributed by atoms with Gasteiger partial charge in [0, 0.05) is 46.2 Å². The van der Waals surface area contributed by atoms with Crippen molar-refractivity contribution < 1.29 is 46.0 Å². The van der Waals surface area contributed by atoms with E-state index in [1.165, 1.54) is 36.4 Å². The number of rotatable bonds is 18. The molecule has 0 aliphatic heterocycles. The summed E-state index contributed by atoms with van der Waals surface area (Å²) in [6, 6.07) is 18.5. The van der Waals surface area contributed by atoms with Crippen LogP contribution in [0, 0.1) is 23.3 Å². The van der Waals surface area contributed by atoms with Crippen molar-refractivity contribution in [3.63, 3.8) is 0 Å². The summed E-state index contributed by atoms with van der Waals surface area (Å²) < 4.78 is 94.0. The van der Waals surface area contributed by atoms with Crippen LogP contribution >= 0.6 is 0 Å². The molecule has 1 aliphatic carbocycles. The van der Waals surface area contributed by atoms with Gasteiger partial charge in [-0.2, -0.15) is 0 Å². The first-order chi connectivity index (χ1) is 25.3. The van der Waals surface area contributed by atoms with Crippen LogP contribution in [0.2, 0.25) is 0 Å². The molecule has 1 saturated carbocycles. The quantitative estimate of drug-likeness (QED) is 0.103. The molecule has 2 atom stereocenters. The van der Waals surface area contributed by atoms with Crippen LogP contribution in [0.1, 0.15) is 66.2 Å². The molecular weight excluding hydrogens is 678 g/mol. The lowest BCUT2D eigenvalue weighted by Crippen LogP contribution is -2.54. The number of ether oxygens (including phenoxy) is 6. The van der Waals surface area contributed by atoms with Gasteiger partial charge in [0.2, 0.25) is 0 Å². The minimum atomic E-state index is -0.686. The SMILES string of the molecule is COc1cccc(OC)c1C(CNC1(C(COCc2c(F)cccc2F)c2c(OC)cccc2OC)CCCCC1)COCc1c(F)cccc1F. The molecule has 280 valence electrons. The first-order valence-electron chi connectivity index (χ1n) is 17.4. The number of nitrogens with one attached hydrogen (secondary N) is 1. The maximum Gasteiger partial charge on any atom is 0.131 e. The van der Waals surface area contributed by atoms with Gasteiger partial charge in [0.1, 0.15) is 46.3 Å². The van der Waals surface area contributed by atoms with Crippen molar-refractivity contribution in [1.29, 1.82) is 0 Å². The van der Waals surface area contributed by atoms with Gasteiger partial charge in [0.05, 0.1) is 54.9 Å². The third-order valence-corrected chi connectivity index (χ3v) is 10.0. The molecule has 0 aromatic heterocycles. The lowest BCUT2D eigenvalue weighted by Gasteiger charge is -2.46. The molecule has 1 N–H and O–H groups in total. The minimum absolute atomic E-state index is 0.0687. The predicted octanol–water partition coefficient (Wildman–Crippen LogP) is 8.87. The van der Waals surface area contributed by atoms with E-state index >= 15 is 0 Å². The van der Waals surface area contributed by atoms with Crippen LogP contribution in [0.4, 0.5) is 17.6 Å². The zero-order valence-corrected chi connectivity index (χ0v) is 30.1. The van der Waals surface area contributed by atoms with Crippen molar-refractivity contribution in [1.82, 2.24) is 5.32 Å². The number of benzene rings is 4. The molecular formula is C41H47F4NO6. The summed E-state index contributed by atoms with van der Waals surface area (Å²) in [6.07, 6.45) is 4.34. The van der Waals surface area contributed by atoms with Crippen molar-refractivity contribution in [3.05, 3.63) is 118 Å². The molecule has 11 heteroatoms. The molecule has 1 aliphatic rings. The molecule has 5 rings (SSSR count). The van der Waals surface area contributed by atoms with E-state index in [9.17, 15) is 17.6 Å². The van der Waals surface area contributed by atoms with E-state index in [0.29, 0.717) is 29.5 Å². The lowest BCUT2D eigenvalue weighted by atomic mass is 9.69. The summed E-state index contributed by atoms with van der Waals surface area (Å²) in [5.74, 6) is -1.21. The Bertz CT molecular complexity index is 1680. The smallest absolute Gasteiger partial charge is 0.131 e. The predicted molar refractivity (Wildman–Crippen MR) is 190 cm³/mol. The Balaban J connectivity index is 1.52. The molecule has 0 saturated heterocycles. The van der Waals surface area contributed by atoms with Gasteiger partial charge in [-0.3, -0.25) is 0 Å². The van der Waals surface area contributed by atoms with E-state index in [0.717, 1.165) is 43.2 Å². The van der Waals surface area contributed by atoms with Crippen LogP contribution in [0.5, 0.6) is 23.0 Å². The van der Waals surface area contributed by atoms with Crippen molar-refractivity contribution in [2.45, 2.75) is 62.7 Å². The first-order valence-corrected chi connectivity index (χ1v) is 17.4. The third kappa shape index (κ3) is 8.82. The van der Waals surface area contributed by atoms with Crippen LogP contribution in [0.25, 0.3) is 0 Å². The summed E-state index contributed by atoms with van der Waals surface area (Å²) in [7, 11) is 6.32. The van der Waals surface area contributed by atoms with Crippen LogP contribution in [-0.2, 0) is 22.7 Å². The highest BCUT2D eigenvalue weighted by atomic mass is 19.1. The Morgan fingerprint density at radius 2 is 0.962 bits per heavy atom. The molecule has 0 bridgehead atoms. The molecule has 2 unspecified atom stereocenters. The van der Waals surface area contributed by atoms with E-state index in [2.05, 4.69) is 5.32 Å². The van der Waals surface area contributed by atoms with Crippen molar-refractivity contribution in [2.24, 2.45) is 0 Å². The summed E-state index contributed by atoms with van der Waals surface area (Å²) >= 11 is 0. The molecule has 1 fully saturated rings. The monoisotopic (exact) mass is 725 g/mol. The number of halogens is 4. The highest BCUT2D eigenvalue weighted by molar-refractivity contribution is 5.50. The number of hydrogen-bond donors (Lipinski definition) is 1. The van der Waals surface area contributed by atoms with E-state index in [1.807, 2.05) is 36.4 Å². The fraction of sp³-hybridized carbons (Fsp3) is 0.415. The second-order valence-electron chi connectivity index (χ2n) is 12.9. The van der Waals surface area contributed by atoms with Gasteiger partial charge in [-0.05, 0) is 61.4 Å². The van der Waals surface area contributed by atoms with Crippen LogP contribution in [0.3, 0.4) is 0 Å². The third-order valence-electron chi connectivity index (χ3n) is 10.0. The second kappa shape index (κ2) is 18.4. The van der Waals surface area contributed by atoms with E-state index in [-0.39, 0.29) is 37.6 Å². The molecule has 0 amide bonds. The average Bonchev–Trinajstić information content (AvgIpc) is 3.16. The van der Waals surface area contributed by atoms with Gasteiger partial charge in [0.15, 0.2) is 0 Å². The Labute approximate surface area is 303 Å². The highest BCUT2D eigenvalue weighted by Gasteiger charge is 2.44. The van der Waals surface area contributed by atoms with Gasteiger partial charge in [-0.15, -0.1) is 0 Å². The van der Waals surface area contributed by atoms with E-state index < -0.39 is 40.6 Å².